The maximum absolute atomic E-state index is 13.7. The number of carbonyl (C=O) groups excluding carboxylic acids is 1. The van der Waals surface area contributed by atoms with Crippen LogP contribution in [-0.2, 0) is 10.2 Å². The van der Waals surface area contributed by atoms with Crippen LogP contribution in [0.4, 0.5) is 8.78 Å². The maximum atomic E-state index is 13.7. The Balaban J connectivity index is 2.68. The average molecular weight is 333 g/mol. The predicted octanol–water partition coefficient (Wildman–Crippen LogP) is 3.53. The summed E-state index contributed by atoms with van der Waals surface area (Å²) in [5.74, 6) is -1.63. The Kier molecular flexibility index (Phi) is 5.67. The van der Waals surface area contributed by atoms with Gasteiger partial charge in [-0.05, 0) is 44.0 Å². The van der Waals surface area contributed by atoms with E-state index in [2.05, 4.69) is 0 Å². The van der Waals surface area contributed by atoms with Crippen molar-refractivity contribution in [3.8, 4) is 5.75 Å². The Morgan fingerprint density at radius 3 is 2.46 bits per heavy atom. The molecule has 2 aromatic rings. The van der Waals surface area contributed by atoms with Crippen molar-refractivity contribution in [1.82, 2.24) is 0 Å². The monoisotopic (exact) mass is 333 g/mol. The van der Waals surface area contributed by atoms with Gasteiger partial charge in [-0.25, -0.2) is 8.78 Å². The highest BCUT2D eigenvalue weighted by Crippen LogP contribution is 2.39. The topological polar surface area (TPSA) is 46.5 Å². The molecule has 0 amide bonds. The van der Waals surface area contributed by atoms with Crippen LogP contribution in [0.25, 0.3) is 0 Å². The van der Waals surface area contributed by atoms with Crippen LogP contribution in [0, 0.1) is 11.6 Å². The molecule has 127 valence electrons. The van der Waals surface area contributed by atoms with Gasteiger partial charge >= 0.3 is 0 Å². The van der Waals surface area contributed by atoms with Crippen LogP contribution in [0.5, 0.6) is 5.75 Å². The lowest BCUT2D eigenvalue weighted by atomic mass is 9.73. The van der Waals surface area contributed by atoms with Crippen molar-refractivity contribution < 1.29 is 23.4 Å². The molecular weight excluding hydrogens is 314 g/mol. The third-order valence-corrected chi connectivity index (χ3v) is 3.78. The quantitative estimate of drug-likeness (QED) is 0.843. The molecule has 1 radical (unpaired) electrons. The first-order valence-corrected chi connectivity index (χ1v) is 7.66. The van der Waals surface area contributed by atoms with E-state index >= 15 is 0 Å². The van der Waals surface area contributed by atoms with Crippen molar-refractivity contribution in [3.63, 3.8) is 0 Å². The smallest absolute Gasteiger partial charge is 0.214 e. The largest absolute Gasteiger partial charge is 0.491 e. The van der Waals surface area contributed by atoms with Crippen LogP contribution in [0.2, 0.25) is 0 Å². The van der Waals surface area contributed by atoms with E-state index in [1.807, 2.05) is 20.1 Å². The van der Waals surface area contributed by atoms with Gasteiger partial charge in [0.2, 0.25) is 6.29 Å². The maximum Gasteiger partial charge on any atom is 0.214 e. The van der Waals surface area contributed by atoms with Crippen LogP contribution in [0.15, 0.2) is 42.5 Å². The van der Waals surface area contributed by atoms with Crippen molar-refractivity contribution in [2.75, 3.05) is 6.61 Å². The molecule has 0 aliphatic carbocycles. The van der Waals surface area contributed by atoms with E-state index < -0.39 is 17.0 Å². The fraction of sp³-hybridized carbons (Fsp3) is 0.316. The Morgan fingerprint density at radius 2 is 1.88 bits per heavy atom. The Hall–Kier alpha value is -2.27. The molecule has 1 N–H and O–H groups in total. The highest BCUT2D eigenvalue weighted by atomic mass is 19.2. The van der Waals surface area contributed by atoms with E-state index in [4.69, 9.17) is 4.74 Å². The van der Waals surface area contributed by atoms with E-state index in [1.54, 1.807) is 24.3 Å². The summed E-state index contributed by atoms with van der Waals surface area (Å²) >= 11 is 0. The first-order chi connectivity index (χ1) is 11.4. The Labute approximate surface area is 139 Å². The number of aliphatic hydroxyl groups excluding tert-OH is 1. The Morgan fingerprint density at radius 1 is 1.17 bits per heavy atom. The zero-order chi connectivity index (χ0) is 17.7. The molecule has 1 unspecified atom stereocenters. The number of hydrogen-bond donors (Lipinski definition) is 1. The number of para-hydroxylation sites is 1. The van der Waals surface area contributed by atoms with Crippen molar-refractivity contribution in [3.05, 3.63) is 65.2 Å². The van der Waals surface area contributed by atoms with Crippen molar-refractivity contribution in [2.24, 2.45) is 0 Å². The summed E-state index contributed by atoms with van der Waals surface area (Å²) in [6.45, 7) is 3.35. The second-order valence-electron chi connectivity index (χ2n) is 5.77. The molecule has 0 spiro atoms. The Bertz CT molecular complexity index is 716. The summed E-state index contributed by atoms with van der Waals surface area (Å²) in [5, 5.41) is 9.46. The summed E-state index contributed by atoms with van der Waals surface area (Å²) in [4.78, 5) is 11.9. The number of ether oxygens (including phenoxy) is 1. The second kappa shape index (κ2) is 7.53. The molecule has 0 heterocycles. The third-order valence-electron chi connectivity index (χ3n) is 3.78. The molecule has 0 fully saturated rings. The number of aliphatic hydroxyl groups is 1. The van der Waals surface area contributed by atoms with Gasteiger partial charge in [-0.15, -0.1) is 0 Å². The summed E-state index contributed by atoms with van der Waals surface area (Å²) < 4.78 is 32.7. The molecular formula is C19H19F2O3. The molecule has 0 aliphatic rings. The minimum Gasteiger partial charge on any atom is -0.491 e. The van der Waals surface area contributed by atoms with Crippen molar-refractivity contribution in [2.45, 2.75) is 31.8 Å². The molecule has 2 aromatic carbocycles. The van der Waals surface area contributed by atoms with Gasteiger partial charge in [-0.2, -0.15) is 0 Å². The SMILES string of the molecule is CC(C)Oc1ccccc1C([C]=O)(CCO)c1ccc(F)c(F)c1. The van der Waals surface area contributed by atoms with Crippen LogP contribution in [0.3, 0.4) is 0 Å². The van der Waals surface area contributed by atoms with Crippen LogP contribution in [-0.4, -0.2) is 24.1 Å². The normalized spacial score (nSPS) is 13.6. The zero-order valence-electron chi connectivity index (χ0n) is 13.6. The number of benzene rings is 2. The van der Waals surface area contributed by atoms with Gasteiger partial charge in [0, 0.05) is 12.2 Å². The van der Waals surface area contributed by atoms with Crippen LogP contribution < -0.4 is 4.74 Å². The lowest BCUT2D eigenvalue weighted by molar-refractivity contribution is 0.233. The van der Waals surface area contributed by atoms with E-state index in [-0.39, 0.29) is 24.7 Å². The van der Waals surface area contributed by atoms with Gasteiger partial charge < -0.3 is 9.84 Å². The summed E-state index contributed by atoms with van der Waals surface area (Å²) in [6, 6.07) is 10.1. The zero-order valence-corrected chi connectivity index (χ0v) is 13.6. The molecule has 5 heteroatoms. The van der Waals surface area contributed by atoms with E-state index in [1.165, 1.54) is 6.07 Å². The van der Waals surface area contributed by atoms with E-state index in [0.29, 0.717) is 11.3 Å². The first-order valence-electron chi connectivity index (χ1n) is 7.66. The fourth-order valence-corrected chi connectivity index (χ4v) is 2.70. The number of halogens is 2. The number of rotatable bonds is 7. The summed E-state index contributed by atoms with van der Waals surface area (Å²) in [6.07, 6.45) is 1.76. The second-order valence-corrected chi connectivity index (χ2v) is 5.77. The minimum absolute atomic E-state index is 0.0277. The van der Waals surface area contributed by atoms with Gasteiger partial charge in [-0.3, -0.25) is 4.79 Å². The molecule has 2 rings (SSSR count). The highest BCUT2D eigenvalue weighted by molar-refractivity contribution is 5.77. The van der Waals surface area contributed by atoms with Gasteiger partial charge in [0.15, 0.2) is 11.6 Å². The van der Waals surface area contributed by atoms with E-state index in [0.717, 1.165) is 12.1 Å². The van der Waals surface area contributed by atoms with Gasteiger partial charge in [0.25, 0.3) is 0 Å². The van der Waals surface area contributed by atoms with Gasteiger partial charge in [-0.1, -0.05) is 24.3 Å². The van der Waals surface area contributed by atoms with E-state index in [9.17, 15) is 18.7 Å². The average Bonchev–Trinajstić information content (AvgIpc) is 2.55. The van der Waals surface area contributed by atoms with Gasteiger partial charge in [0.1, 0.15) is 5.75 Å². The van der Waals surface area contributed by atoms with Crippen molar-refractivity contribution in [1.29, 1.82) is 0 Å². The lowest BCUT2D eigenvalue weighted by Gasteiger charge is -2.30. The van der Waals surface area contributed by atoms with Crippen molar-refractivity contribution >= 4 is 6.29 Å². The minimum atomic E-state index is -1.45. The van der Waals surface area contributed by atoms with Gasteiger partial charge in [0.05, 0.1) is 11.5 Å². The predicted molar refractivity (Wildman–Crippen MR) is 86.7 cm³/mol. The first kappa shape index (κ1) is 18.1. The third kappa shape index (κ3) is 3.46. The highest BCUT2D eigenvalue weighted by Gasteiger charge is 2.38. The summed E-state index contributed by atoms with van der Waals surface area (Å²) in [5.41, 5.74) is -0.784. The molecule has 0 saturated heterocycles. The molecule has 0 bridgehead atoms. The molecule has 0 saturated carbocycles. The fourth-order valence-electron chi connectivity index (χ4n) is 2.70. The standard InChI is InChI=1S/C19H19F2O3/c1-13(2)24-18-6-4-3-5-15(18)19(12-23,9-10-22)14-7-8-16(20)17(21)11-14/h3-8,11,13,22H,9-10H2,1-2H3. The number of hydrogen-bond acceptors (Lipinski definition) is 3. The molecule has 0 aromatic heterocycles. The lowest BCUT2D eigenvalue weighted by Crippen LogP contribution is -2.32. The molecule has 1 atom stereocenters. The van der Waals surface area contributed by atoms with Crippen LogP contribution in [0.1, 0.15) is 31.4 Å². The summed E-state index contributed by atoms with van der Waals surface area (Å²) in [7, 11) is 0. The molecule has 24 heavy (non-hydrogen) atoms. The molecule has 0 aliphatic heterocycles. The van der Waals surface area contributed by atoms with Crippen LogP contribution >= 0.6 is 0 Å². The molecule has 3 nitrogen and oxygen atoms in total.